The Labute approximate surface area is 88.5 Å². The summed E-state index contributed by atoms with van der Waals surface area (Å²) in [5.41, 5.74) is 2.05. The molecular weight excluding hydrogens is 190 g/mol. The molecule has 15 heavy (non-hydrogen) atoms. The van der Waals surface area contributed by atoms with E-state index < -0.39 is 0 Å². The molecule has 0 aromatic heterocycles. The van der Waals surface area contributed by atoms with Crippen LogP contribution >= 0.6 is 0 Å². The van der Waals surface area contributed by atoms with Gasteiger partial charge in [0, 0.05) is 0 Å². The van der Waals surface area contributed by atoms with E-state index in [0.29, 0.717) is 17.0 Å². The van der Waals surface area contributed by atoms with Gasteiger partial charge in [0.1, 0.15) is 0 Å². The van der Waals surface area contributed by atoms with Gasteiger partial charge in [-0.1, -0.05) is 26.0 Å². The van der Waals surface area contributed by atoms with Crippen molar-refractivity contribution in [3.63, 3.8) is 0 Å². The number of hydrogen-bond acceptors (Lipinski definition) is 2. The summed E-state index contributed by atoms with van der Waals surface area (Å²) in [6.07, 6.45) is 0.956. The van der Waals surface area contributed by atoms with Crippen LogP contribution in [-0.2, 0) is 0 Å². The van der Waals surface area contributed by atoms with Crippen LogP contribution in [0, 0.1) is 0 Å². The molecular formula is C12H13NO2. The van der Waals surface area contributed by atoms with Crippen LogP contribution in [-0.4, -0.2) is 11.8 Å². The Morgan fingerprint density at radius 1 is 1.27 bits per heavy atom. The van der Waals surface area contributed by atoms with E-state index in [-0.39, 0.29) is 11.8 Å². The molecule has 2 amide bonds. The number of nitrogens with one attached hydrogen (secondary N) is 1. The predicted octanol–water partition coefficient (Wildman–Crippen LogP) is 2.08. The number of hydrogen-bond donors (Lipinski definition) is 1. The Bertz CT molecular complexity index is 437. The molecule has 1 aromatic rings. The van der Waals surface area contributed by atoms with Gasteiger partial charge in [0.05, 0.1) is 11.1 Å². The molecule has 3 nitrogen and oxygen atoms in total. The van der Waals surface area contributed by atoms with E-state index in [9.17, 15) is 9.59 Å². The molecule has 1 aliphatic heterocycles. The summed E-state index contributed by atoms with van der Waals surface area (Å²) in [4.78, 5) is 23.0. The predicted molar refractivity (Wildman–Crippen MR) is 56.9 cm³/mol. The minimum atomic E-state index is -0.278. The van der Waals surface area contributed by atoms with Gasteiger partial charge in [-0.3, -0.25) is 14.9 Å². The minimum Gasteiger partial charge on any atom is -0.288 e. The van der Waals surface area contributed by atoms with Gasteiger partial charge in [0.2, 0.25) is 0 Å². The summed E-state index contributed by atoms with van der Waals surface area (Å²) in [7, 11) is 0. The number of imide groups is 1. The summed E-state index contributed by atoms with van der Waals surface area (Å²) >= 11 is 0. The van der Waals surface area contributed by atoms with Gasteiger partial charge in [0.15, 0.2) is 0 Å². The highest BCUT2D eigenvalue weighted by atomic mass is 16.2. The zero-order valence-electron chi connectivity index (χ0n) is 8.83. The average molecular weight is 203 g/mol. The fourth-order valence-electron chi connectivity index (χ4n) is 1.88. The third-order valence-corrected chi connectivity index (χ3v) is 2.94. The van der Waals surface area contributed by atoms with E-state index in [2.05, 4.69) is 19.2 Å². The average Bonchev–Trinajstić information content (AvgIpc) is 2.54. The Hall–Kier alpha value is -1.64. The highest BCUT2D eigenvalue weighted by Crippen LogP contribution is 2.27. The highest BCUT2D eigenvalue weighted by Gasteiger charge is 2.29. The molecule has 1 N–H and O–H groups in total. The Balaban J connectivity index is 2.60. The second kappa shape index (κ2) is 3.50. The lowest BCUT2D eigenvalue weighted by Crippen LogP contribution is -2.20. The Morgan fingerprint density at radius 3 is 2.67 bits per heavy atom. The van der Waals surface area contributed by atoms with E-state index in [1.54, 1.807) is 6.07 Å². The SMILES string of the molecule is CCC(C)c1cccc2c1C(=O)NC2=O. The van der Waals surface area contributed by atoms with Gasteiger partial charge in [-0.25, -0.2) is 0 Å². The number of rotatable bonds is 2. The molecule has 2 rings (SSSR count). The first-order valence-electron chi connectivity index (χ1n) is 5.13. The standard InChI is InChI=1S/C12H13NO2/c1-3-7(2)8-5-4-6-9-10(8)12(15)13-11(9)14/h4-7H,3H2,1-2H3,(H,13,14,15). The summed E-state index contributed by atoms with van der Waals surface area (Å²) < 4.78 is 0. The van der Waals surface area contributed by atoms with Gasteiger partial charge < -0.3 is 0 Å². The van der Waals surface area contributed by atoms with Crippen molar-refractivity contribution in [3.8, 4) is 0 Å². The van der Waals surface area contributed by atoms with E-state index in [0.717, 1.165) is 12.0 Å². The molecule has 0 saturated carbocycles. The summed E-state index contributed by atoms with van der Waals surface area (Å²) in [5.74, 6) is -0.234. The molecule has 1 unspecified atom stereocenters. The maximum Gasteiger partial charge on any atom is 0.259 e. The molecule has 3 heteroatoms. The molecule has 0 spiro atoms. The molecule has 0 radical (unpaired) electrons. The molecule has 1 aliphatic rings. The second-order valence-electron chi connectivity index (χ2n) is 3.86. The van der Waals surface area contributed by atoms with Gasteiger partial charge in [-0.05, 0) is 24.0 Å². The first-order chi connectivity index (χ1) is 7.15. The third-order valence-electron chi connectivity index (χ3n) is 2.94. The third kappa shape index (κ3) is 1.44. The quantitative estimate of drug-likeness (QED) is 0.748. The lowest BCUT2D eigenvalue weighted by atomic mass is 9.91. The van der Waals surface area contributed by atoms with Crippen molar-refractivity contribution in [2.45, 2.75) is 26.2 Å². The topological polar surface area (TPSA) is 46.2 Å². The summed E-state index contributed by atoms with van der Waals surface area (Å²) in [5, 5.41) is 2.32. The first kappa shape index (κ1) is 9.90. The van der Waals surface area contributed by atoms with E-state index >= 15 is 0 Å². The summed E-state index contributed by atoms with van der Waals surface area (Å²) in [6, 6.07) is 5.45. The fourth-order valence-corrected chi connectivity index (χ4v) is 1.88. The Kier molecular flexibility index (Phi) is 2.31. The summed E-state index contributed by atoms with van der Waals surface area (Å²) in [6.45, 7) is 4.13. The minimum absolute atomic E-state index is 0.258. The van der Waals surface area contributed by atoms with Crippen LogP contribution in [0.2, 0.25) is 0 Å². The maximum atomic E-state index is 11.6. The van der Waals surface area contributed by atoms with Crippen molar-refractivity contribution in [3.05, 3.63) is 34.9 Å². The fraction of sp³-hybridized carbons (Fsp3) is 0.333. The zero-order chi connectivity index (χ0) is 11.0. The molecule has 0 aliphatic carbocycles. The van der Waals surface area contributed by atoms with Gasteiger partial charge in [-0.2, -0.15) is 0 Å². The normalized spacial score (nSPS) is 16.1. The Morgan fingerprint density at radius 2 is 2.00 bits per heavy atom. The molecule has 78 valence electrons. The smallest absolute Gasteiger partial charge is 0.259 e. The first-order valence-corrected chi connectivity index (χ1v) is 5.13. The largest absolute Gasteiger partial charge is 0.288 e. The number of amides is 2. The van der Waals surface area contributed by atoms with Crippen LogP contribution in [0.1, 0.15) is 52.5 Å². The van der Waals surface area contributed by atoms with Gasteiger partial charge in [0.25, 0.3) is 11.8 Å². The van der Waals surface area contributed by atoms with Crippen molar-refractivity contribution in [2.24, 2.45) is 0 Å². The van der Waals surface area contributed by atoms with E-state index in [1.807, 2.05) is 12.1 Å². The number of carbonyl (C=O) groups excluding carboxylic acids is 2. The zero-order valence-corrected chi connectivity index (χ0v) is 8.83. The van der Waals surface area contributed by atoms with Crippen molar-refractivity contribution in [2.75, 3.05) is 0 Å². The van der Waals surface area contributed by atoms with Crippen LogP contribution in [0.25, 0.3) is 0 Å². The van der Waals surface area contributed by atoms with Crippen LogP contribution in [0.5, 0.6) is 0 Å². The second-order valence-corrected chi connectivity index (χ2v) is 3.86. The van der Waals surface area contributed by atoms with Crippen LogP contribution in [0.4, 0.5) is 0 Å². The van der Waals surface area contributed by atoms with Crippen LogP contribution < -0.4 is 5.32 Å². The van der Waals surface area contributed by atoms with Gasteiger partial charge in [-0.15, -0.1) is 0 Å². The molecule has 0 saturated heterocycles. The van der Waals surface area contributed by atoms with Crippen molar-refractivity contribution in [1.82, 2.24) is 5.32 Å². The van der Waals surface area contributed by atoms with Crippen molar-refractivity contribution in [1.29, 1.82) is 0 Å². The maximum absolute atomic E-state index is 11.6. The van der Waals surface area contributed by atoms with Crippen LogP contribution in [0.15, 0.2) is 18.2 Å². The number of carbonyl (C=O) groups is 2. The number of fused-ring (bicyclic) bond motifs is 1. The van der Waals surface area contributed by atoms with Gasteiger partial charge >= 0.3 is 0 Å². The molecule has 1 atom stereocenters. The van der Waals surface area contributed by atoms with Crippen molar-refractivity contribution < 1.29 is 9.59 Å². The van der Waals surface area contributed by atoms with E-state index in [1.165, 1.54) is 0 Å². The van der Waals surface area contributed by atoms with E-state index in [4.69, 9.17) is 0 Å². The van der Waals surface area contributed by atoms with Crippen molar-refractivity contribution >= 4 is 11.8 Å². The lowest BCUT2D eigenvalue weighted by molar-refractivity contribution is 0.0879. The molecule has 1 aromatic carbocycles. The molecule has 0 bridgehead atoms. The highest BCUT2D eigenvalue weighted by molar-refractivity contribution is 6.22. The lowest BCUT2D eigenvalue weighted by Gasteiger charge is -2.11. The molecule has 1 heterocycles. The number of benzene rings is 1. The molecule has 0 fully saturated rings. The van der Waals surface area contributed by atoms with Crippen LogP contribution in [0.3, 0.4) is 0 Å². The monoisotopic (exact) mass is 203 g/mol.